The average molecular weight is 483 g/mol. The molecule has 35 heavy (non-hydrogen) atoms. The molecule has 4 aromatic rings. The van der Waals surface area contributed by atoms with E-state index in [1.165, 1.54) is 19.2 Å². The molecule has 1 aliphatic rings. The van der Waals surface area contributed by atoms with Crippen molar-refractivity contribution < 1.29 is 32.2 Å². The normalized spacial score (nSPS) is 14.2. The van der Waals surface area contributed by atoms with Gasteiger partial charge >= 0.3 is 12.2 Å². The first-order chi connectivity index (χ1) is 16.8. The van der Waals surface area contributed by atoms with Crippen molar-refractivity contribution in [3.63, 3.8) is 0 Å². The standard InChI is InChI=1S/C23H16F3N5O4/c1-34-19-9-15(35-18-5-7-29-21-16(18)4-6-28-21)2-3-17(19)31-20(32)12-30(22(31)33)14-8-13(10-27-11-14)23(24,25)26/h2-11H,12H2,1H3,(H,28,29). The Morgan fingerprint density at radius 2 is 1.89 bits per heavy atom. The fourth-order valence-electron chi connectivity index (χ4n) is 3.73. The lowest BCUT2D eigenvalue weighted by Gasteiger charge is -2.20. The number of aromatic nitrogens is 3. The van der Waals surface area contributed by atoms with Gasteiger partial charge in [-0.3, -0.25) is 14.7 Å². The quantitative estimate of drug-likeness (QED) is 0.411. The second kappa shape index (κ2) is 8.31. The molecule has 178 valence electrons. The third-order valence-electron chi connectivity index (χ3n) is 5.37. The first-order valence-electron chi connectivity index (χ1n) is 10.2. The fourth-order valence-corrected chi connectivity index (χ4v) is 3.73. The number of fused-ring (bicyclic) bond motifs is 1. The van der Waals surface area contributed by atoms with E-state index in [2.05, 4.69) is 15.0 Å². The van der Waals surface area contributed by atoms with Crippen LogP contribution in [0.3, 0.4) is 0 Å². The molecular weight excluding hydrogens is 467 g/mol. The van der Waals surface area contributed by atoms with Gasteiger partial charge in [0.2, 0.25) is 0 Å². The van der Waals surface area contributed by atoms with E-state index in [0.717, 1.165) is 27.4 Å². The van der Waals surface area contributed by atoms with Crippen molar-refractivity contribution in [2.24, 2.45) is 0 Å². The third kappa shape index (κ3) is 3.98. The number of anilines is 2. The number of hydrogen-bond acceptors (Lipinski definition) is 6. The van der Waals surface area contributed by atoms with Crippen molar-refractivity contribution in [3.05, 3.63) is 66.7 Å². The first kappa shape index (κ1) is 22.2. The van der Waals surface area contributed by atoms with Crippen LogP contribution in [0.5, 0.6) is 17.2 Å². The molecule has 0 bridgehead atoms. The number of rotatable bonds is 5. The monoisotopic (exact) mass is 483 g/mol. The number of alkyl halides is 3. The van der Waals surface area contributed by atoms with Crippen molar-refractivity contribution in [2.45, 2.75) is 6.18 Å². The highest BCUT2D eigenvalue weighted by Gasteiger charge is 2.40. The number of hydrogen-bond donors (Lipinski definition) is 1. The van der Waals surface area contributed by atoms with Gasteiger partial charge in [0.25, 0.3) is 5.91 Å². The molecule has 1 aromatic carbocycles. The topological polar surface area (TPSA) is 101 Å². The molecule has 1 saturated heterocycles. The summed E-state index contributed by atoms with van der Waals surface area (Å²) in [5.41, 5.74) is -0.407. The Balaban J connectivity index is 1.44. The zero-order chi connectivity index (χ0) is 24.7. The lowest BCUT2D eigenvalue weighted by molar-refractivity contribution is -0.137. The van der Waals surface area contributed by atoms with E-state index < -0.39 is 30.2 Å². The molecule has 0 saturated carbocycles. The second-order valence-electron chi connectivity index (χ2n) is 7.51. The Bertz CT molecular complexity index is 1450. The van der Waals surface area contributed by atoms with Crippen molar-refractivity contribution in [3.8, 4) is 17.2 Å². The van der Waals surface area contributed by atoms with Gasteiger partial charge in [-0.1, -0.05) is 0 Å². The van der Waals surface area contributed by atoms with Crippen molar-refractivity contribution in [1.29, 1.82) is 0 Å². The zero-order valence-electron chi connectivity index (χ0n) is 18.0. The Labute approximate surface area is 195 Å². The number of benzene rings is 1. The predicted octanol–water partition coefficient (Wildman–Crippen LogP) is 4.75. The van der Waals surface area contributed by atoms with E-state index in [-0.39, 0.29) is 17.1 Å². The van der Waals surface area contributed by atoms with Crippen LogP contribution >= 0.6 is 0 Å². The number of nitrogens with one attached hydrogen (secondary N) is 1. The van der Waals surface area contributed by atoms with Gasteiger partial charge in [0, 0.05) is 24.7 Å². The van der Waals surface area contributed by atoms with Crippen LogP contribution in [0.15, 0.2) is 61.2 Å². The molecule has 12 heteroatoms. The molecule has 1 aliphatic heterocycles. The first-order valence-corrected chi connectivity index (χ1v) is 10.2. The minimum Gasteiger partial charge on any atom is -0.494 e. The van der Waals surface area contributed by atoms with Gasteiger partial charge in [-0.2, -0.15) is 13.2 Å². The summed E-state index contributed by atoms with van der Waals surface area (Å²) in [6.45, 7) is -0.453. The summed E-state index contributed by atoms with van der Waals surface area (Å²) in [4.78, 5) is 38.3. The Kier molecular flexibility index (Phi) is 5.27. The molecular formula is C23H16F3N5O4. The smallest absolute Gasteiger partial charge is 0.417 e. The number of urea groups is 1. The lowest BCUT2D eigenvalue weighted by Crippen LogP contribution is -2.33. The summed E-state index contributed by atoms with van der Waals surface area (Å²) in [5.74, 6) is 0.426. The minimum absolute atomic E-state index is 0.124. The number of pyridine rings is 2. The average Bonchev–Trinajstić information content (AvgIpc) is 3.43. The SMILES string of the molecule is COc1cc(Oc2ccnc3[nH]ccc23)ccc1N1C(=O)CN(c2cncc(C(F)(F)F)c2)C1=O. The number of amides is 3. The second-order valence-corrected chi connectivity index (χ2v) is 7.51. The van der Waals surface area contributed by atoms with Crippen LogP contribution in [0.25, 0.3) is 11.0 Å². The van der Waals surface area contributed by atoms with Crippen molar-refractivity contribution in [2.75, 3.05) is 23.5 Å². The van der Waals surface area contributed by atoms with E-state index in [4.69, 9.17) is 9.47 Å². The van der Waals surface area contributed by atoms with Gasteiger partial charge < -0.3 is 14.5 Å². The van der Waals surface area contributed by atoms with Crippen molar-refractivity contribution in [1.82, 2.24) is 15.0 Å². The van der Waals surface area contributed by atoms with Crippen LogP contribution < -0.4 is 19.3 Å². The lowest BCUT2D eigenvalue weighted by atomic mass is 10.2. The maximum Gasteiger partial charge on any atom is 0.417 e. The van der Waals surface area contributed by atoms with Crippen LogP contribution in [-0.4, -0.2) is 40.5 Å². The van der Waals surface area contributed by atoms with E-state index in [1.54, 1.807) is 24.5 Å². The Morgan fingerprint density at radius 1 is 1.06 bits per heavy atom. The van der Waals surface area contributed by atoms with Gasteiger partial charge in [0.05, 0.1) is 35.6 Å². The molecule has 0 radical (unpaired) electrons. The van der Waals surface area contributed by atoms with E-state index in [9.17, 15) is 22.8 Å². The summed E-state index contributed by atoms with van der Waals surface area (Å²) in [5, 5.41) is 0.755. The summed E-state index contributed by atoms with van der Waals surface area (Å²) in [6, 6.07) is 7.95. The molecule has 0 unspecified atom stereocenters. The zero-order valence-corrected chi connectivity index (χ0v) is 18.0. The molecule has 9 nitrogen and oxygen atoms in total. The summed E-state index contributed by atoms with van der Waals surface area (Å²) >= 11 is 0. The molecule has 0 spiro atoms. The van der Waals surface area contributed by atoms with Gasteiger partial charge in [-0.05, 0) is 30.3 Å². The molecule has 3 amide bonds. The highest BCUT2D eigenvalue weighted by molar-refractivity contribution is 6.27. The number of aromatic amines is 1. The maximum absolute atomic E-state index is 13.1. The summed E-state index contributed by atoms with van der Waals surface area (Å²) in [7, 11) is 1.36. The number of nitrogens with zero attached hydrogens (tertiary/aromatic N) is 4. The van der Waals surface area contributed by atoms with E-state index in [1.807, 2.05) is 6.07 Å². The van der Waals surface area contributed by atoms with E-state index in [0.29, 0.717) is 23.3 Å². The molecule has 1 fully saturated rings. The van der Waals surface area contributed by atoms with Crippen LogP contribution in [0.2, 0.25) is 0 Å². The minimum atomic E-state index is -4.64. The van der Waals surface area contributed by atoms with Crippen LogP contribution in [-0.2, 0) is 11.0 Å². The molecule has 0 aliphatic carbocycles. The number of ether oxygens (including phenoxy) is 2. The van der Waals surface area contributed by atoms with Crippen LogP contribution in [0.1, 0.15) is 5.56 Å². The van der Waals surface area contributed by atoms with E-state index >= 15 is 0 Å². The number of H-pyrrole nitrogens is 1. The van der Waals surface area contributed by atoms with Crippen molar-refractivity contribution >= 4 is 34.3 Å². The van der Waals surface area contributed by atoms with Gasteiger partial charge in [-0.25, -0.2) is 14.7 Å². The number of imide groups is 1. The van der Waals surface area contributed by atoms with Crippen LogP contribution in [0.4, 0.5) is 29.3 Å². The van der Waals surface area contributed by atoms with Crippen LogP contribution in [0, 0.1) is 0 Å². The predicted molar refractivity (Wildman–Crippen MR) is 119 cm³/mol. The molecule has 4 heterocycles. The summed E-state index contributed by atoms with van der Waals surface area (Å²) < 4.78 is 50.6. The Morgan fingerprint density at radius 3 is 2.66 bits per heavy atom. The summed E-state index contributed by atoms with van der Waals surface area (Å²) in [6.07, 6.45) is 0.405. The number of methoxy groups -OCH3 is 1. The fraction of sp³-hybridized carbons (Fsp3) is 0.130. The maximum atomic E-state index is 13.1. The van der Waals surface area contributed by atoms with Gasteiger partial charge in [0.1, 0.15) is 29.4 Å². The largest absolute Gasteiger partial charge is 0.494 e. The number of carbonyl (C=O) groups is 2. The molecule has 0 atom stereocenters. The molecule has 1 N–H and O–H groups in total. The number of carbonyl (C=O) groups excluding carboxylic acids is 2. The highest BCUT2D eigenvalue weighted by atomic mass is 19.4. The number of halogens is 3. The molecule has 5 rings (SSSR count). The van der Waals surface area contributed by atoms with Gasteiger partial charge in [0.15, 0.2) is 0 Å². The Hall–Kier alpha value is -4.61. The third-order valence-corrected chi connectivity index (χ3v) is 5.37. The highest BCUT2D eigenvalue weighted by Crippen LogP contribution is 2.38. The van der Waals surface area contributed by atoms with Gasteiger partial charge in [-0.15, -0.1) is 0 Å². The molecule has 3 aromatic heterocycles.